The van der Waals surface area contributed by atoms with E-state index in [1.807, 2.05) is 0 Å². The molecule has 0 saturated heterocycles. The van der Waals surface area contributed by atoms with Gasteiger partial charge in [0.1, 0.15) is 5.52 Å². The highest BCUT2D eigenvalue weighted by Gasteiger charge is 2.11. The SMILES string of the molecule is O=Cc1ccc2c(nnc3ccnn32)c1F. The van der Waals surface area contributed by atoms with Gasteiger partial charge in [-0.15, -0.1) is 10.2 Å². The van der Waals surface area contributed by atoms with E-state index in [9.17, 15) is 9.18 Å². The van der Waals surface area contributed by atoms with Crippen LogP contribution < -0.4 is 0 Å². The largest absolute Gasteiger partial charge is 0.298 e. The molecule has 16 heavy (non-hydrogen) atoms. The van der Waals surface area contributed by atoms with Crippen LogP contribution in [0.2, 0.25) is 0 Å². The summed E-state index contributed by atoms with van der Waals surface area (Å²) in [7, 11) is 0. The molecule has 0 bridgehead atoms. The van der Waals surface area contributed by atoms with Crippen molar-refractivity contribution in [3.05, 3.63) is 35.8 Å². The summed E-state index contributed by atoms with van der Waals surface area (Å²) in [6.45, 7) is 0. The lowest BCUT2D eigenvalue weighted by atomic mass is 10.2. The van der Waals surface area contributed by atoms with E-state index >= 15 is 0 Å². The zero-order valence-corrected chi connectivity index (χ0v) is 7.96. The minimum atomic E-state index is -0.669. The minimum absolute atomic E-state index is 0.0340. The normalized spacial score (nSPS) is 11.1. The molecule has 0 radical (unpaired) electrons. The molecule has 0 atom stereocenters. The van der Waals surface area contributed by atoms with E-state index in [1.54, 1.807) is 18.3 Å². The van der Waals surface area contributed by atoms with Gasteiger partial charge < -0.3 is 0 Å². The van der Waals surface area contributed by atoms with Crippen molar-refractivity contribution in [2.75, 3.05) is 0 Å². The van der Waals surface area contributed by atoms with Crippen molar-refractivity contribution in [3.63, 3.8) is 0 Å². The van der Waals surface area contributed by atoms with Crippen LogP contribution >= 0.6 is 0 Å². The number of rotatable bonds is 1. The molecule has 0 aliphatic heterocycles. The minimum Gasteiger partial charge on any atom is -0.298 e. The Morgan fingerprint density at radius 2 is 2.12 bits per heavy atom. The summed E-state index contributed by atoms with van der Waals surface area (Å²) in [6.07, 6.45) is 2.00. The summed E-state index contributed by atoms with van der Waals surface area (Å²) in [6, 6.07) is 4.66. The van der Waals surface area contributed by atoms with Crippen molar-refractivity contribution in [3.8, 4) is 0 Å². The molecule has 2 aromatic heterocycles. The standard InChI is InChI=1S/C10H5FN4O/c11-9-6(5-16)1-2-7-10(9)14-13-8-3-4-12-15(7)8/h1-5H. The van der Waals surface area contributed by atoms with Gasteiger partial charge >= 0.3 is 0 Å². The summed E-state index contributed by atoms with van der Waals surface area (Å²) < 4.78 is 15.2. The molecule has 3 aromatic rings. The number of hydrogen-bond acceptors (Lipinski definition) is 4. The predicted molar refractivity (Wildman–Crippen MR) is 53.6 cm³/mol. The highest BCUT2D eigenvalue weighted by molar-refractivity contribution is 5.85. The second kappa shape index (κ2) is 3.06. The molecule has 1 aromatic carbocycles. The van der Waals surface area contributed by atoms with Crippen LogP contribution in [-0.4, -0.2) is 26.1 Å². The van der Waals surface area contributed by atoms with Crippen molar-refractivity contribution in [1.29, 1.82) is 0 Å². The molecular formula is C10H5FN4O. The van der Waals surface area contributed by atoms with E-state index in [2.05, 4.69) is 15.3 Å². The fourth-order valence-corrected chi connectivity index (χ4v) is 1.59. The molecule has 0 spiro atoms. The van der Waals surface area contributed by atoms with Gasteiger partial charge in [-0.05, 0) is 12.1 Å². The first-order valence-corrected chi connectivity index (χ1v) is 4.55. The first-order chi connectivity index (χ1) is 7.81. The van der Waals surface area contributed by atoms with Gasteiger partial charge in [-0.1, -0.05) is 0 Å². The average molecular weight is 216 g/mol. The van der Waals surface area contributed by atoms with Gasteiger partial charge in [0.15, 0.2) is 17.8 Å². The lowest BCUT2D eigenvalue weighted by Crippen LogP contribution is -2.00. The molecular weight excluding hydrogens is 211 g/mol. The van der Waals surface area contributed by atoms with Crippen LogP contribution in [0.3, 0.4) is 0 Å². The number of nitrogens with zero attached hydrogens (tertiary/aromatic N) is 4. The van der Waals surface area contributed by atoms with Gasteiger partial charge in [-0.25, -0.2) is 8.91 Å². The van der Waals surface area contributed by atoms with Crippen LogP contribution in [0.4, 0.5) is 4.39 Å². The van der Waals surface area contributed by atoms with Gasteiger partial charge in [-0.2, -0.15) is 5.10 Å². The van der Waals surface area contributed by atoms with Crippen LogP contribution in [-0.2, 0) is 0 Å². The third-order valence-electron chi connectivity index (χ3n) is 2.36. The molecule has 0 aliphatic rings. The quantitative estimate of drug-likeness (QED) is 0.574. The van der Waals surface area contributed by atoms with E-state index < -0.39 is 5.82 Å². The molecule has 0 saturated carbocycles. The van der Waals surface area contributed by atoms with E-state index in [0.717, 1.165) is 0 Å². The van der Waals surface area contributed by atoms with Gasteiger partial charge in [0.05, 0.1) is 17.3 Å². The lowest BCUT2D eigenvalue weighted by Gasteiger charge is -2.01. The summed E-state index contributed by atoms with van der Waals surface area (Å²) >= 11 is 0. The van der Waals surface area contributed by atoms with Gasteiger partial charge in [0.2, 0.25) is 0 Å². The monoisotopic (exact) mass is 216 g/mol. The zero-order valence-electron chi connectivity index (χ0n) is 7.96. The Morgan fingerprint density at radius 1 is 1.25 bits per heavy atom. The van der Waals surface area contributed by atoms with Crippen molar-refractivity contribution < 1.29 is 9.18 Å². The molecule has 5 nitrogen and oxygen atoms in total. The molecule has 6 heteroatoms. The molecule has 0 amide bonds. The van der Waals surface area contributed by atoms with Gasteiger partial charge in [0.25, 0.3) is 0 Å². The van der Waals surface area contributed by atoms with E-state index in [1.165, 1.54) is 10.6 Å². The molecule has 0 aliphatic carbocycles. The van der Waals surface area contributed by atoms with Crippen molar-refractivity contribution in [2.45, 2.75) is 0 Å². The summed E-state index contributed by atoms with van der Waals surface area (Å²) in [5, 5.41) is 11.5. The number of hydrogen-bond donors (Lipinski definition) is 0. The number of benzene rings is 1. The molecule has 0 N–H and O–H groups in total. The van der Waals surface area contributed by atoms with Gasteiger partial charge in [-0.3, -0.25) is 4.79 Å². The highest BCUT2D eigenvalue weighted by atomic mass is 19.1. The number of carbonyl (C=O) groups is 1. The molecule has 78 valence electrons. The summed E-state index contributed by atoms with van der Waals surface area (Å²) in [5.74, 6) is -0.669. The Labute approximate surface area is 88.5 Å². The van der Waals surface area contributed by atoms with Crippen LogP contribution in [0.1, 0.15) is 10.4 Å². The maximum Gasteiger partial charge on any atom is 0.177 e. The lowest BCUT2D eigenvalue weighted by molar-refractivity contribution is 0.112. The number of aldehydes is 1. The van der Waals surface area contributed by atoms with Crippen LogP contribution in [0.25, 0.3) is 16.7 Å². The fraction of sp³-hybridized carbons (Fsp3) is 0. The maximum atomic E-state index is 13.7. The second-order valence-corrected chi connectivity index (χ2v) is 3.26. The van der Waals surface area contributed by atoms with Crippen LogP contribution in [0, 0.1) is 5.82 Å². The Hall–Kier alpha value is -2.37. The molecule has 3 rings (SSSR count). The fourth-order valence-electron chi connectivity index (χ4n) is 1.59. The molecule has 2 heterocycles. The molecule has 0 unspecified atom stereocenters. The zero-order chi connectivity index (χ0) is 11.1. The predicted octanol–water partition coefficient (Wildman–Crippen LogP) is 1.23. The Balaban J connectivity index is 2.54. The van der Waals surface area contributed by atoms with Crippen molar-refractivity contribution >= 4 is 23.0 Å². The number of halogens is 1. The second-order valence-electron chi connectivity index (χ2n) is 3.26. The smallest absolute Gasteiger partial charge is 0.177 e. The number of fused-ring (bicyclic) bond motifs is 3. The summed E-state index contributed by atoms with van der Waals surface area (Å²) in [5.41, 5.74) is 1.03. The third kappa shape index (κ3) is 1.04. The number of carbonyl (C=O) groups excluding carboxylic acids is 1. The van der Waals surface area contributed by atoms with E-state index in [-0.39, 0.29) is 11.1 Å². The number of aromatic nitrogens is 4. The first kappa shape index (κ1) is 8.90. The molecule has 0 fully saturated rings. The van der Waals surface area contributed by atoms with E-state index in [0.29, 0.717) is 17.5 Å². The van der Waals surface area contributed by atoms with Crippen LogP contribution in [0.5, 0.6) is 0 Å². The third-order valence-corrected chi connectivity index (χ3v) is 2.36. The van der Waals surface area contributed by atoms with Gasteiger partial charge in [0, 0.05) is 6.07 Å². The highest BCUT2D eigenvalue weighted by Crippen LogP contribution is 2.17. The van der Waals surface area contributed by atoms with Crippen molar-refractivity contribution in [1.82, 2.24) is 19.8 Å². The Bertz CT molecular complexity index is 706. The van der Waals surface area contributed by atoms with Crippen LogP contribution in [0.15, 0.2) is 24.4 Å². The Kier molecular flexibility index (Phi) is 1.70. The van der Waals surface area contributed by atoms with E-state index in [4.69, 9.17) is 0 Å². The Morgan fingerprint density at radius 3 is 2.94 bits per heavy atom. The summed E-state index contributed by atoms with van der Waals surface area (Å²) in [4.78, 5) is 10.6. The first-order valence-electron chi connectivity index (χ1n) is 4.55. The topological polar surface area (TPSA) is 60.2 Å². The maximum absolute atomic E-state index is 13.7. The van der Waals surface area contributed by atoms with Crippen molar-refractivity contribution in [2.24, 2.45) is 0 Å². The average Bonchev–Trinajstić information content (AvgIpc) is 2.77.